The van der Waals surface area contributed by atoms with Gasteiger partial charge in [0.05, 0.1) is 11.9 Å². The summed E-state index contributed by atoms with van der Waals surface area (Å²) in [5.74, 6) is 0.225. The van der Waals surface area contributed by atoms with Gasteiger partial charge < -0.3 is 15.5 Å². The van der Waals surface area contributed by atoms with E-state index in [2.05, 4.69) is 30.1 Å². The molecule has 104 valence electrons. The summed E-state index contributed by atoms with van der Waals surface area (Å²) in [6.07, 6.45) is 1.78. The van der Waals surface area contributed by atoms with Crippen molar-refractivity contribution < 1.29 is 4.79 Å². The number of rotatable bonds is 3. The molecule has 3 heterocycles. The van der Waals surface area contributed by atoms with Crippen molar-refractivity contribution in [3.63, 3.8) is 0 Å². The van der Waals surface area contributed by atoms with Crippen molar-refractivity contribution in [3.8, 4) is 0 Å². The standard InChI is InChI=1S/C12H14N6OS/c19-12(10-8-20-17-16-10)15-11-2-1-9(7-14-11)18-5-3-13-4-6-18/h1-2,7-8,13H,3-6H2,(H,14,15,19). The van der Waals surface area contributed by atoms with Crippen molar-refractivity contribution in [1.29, 1.82) is 0 Å². The lowest BCUT2D eigenvalue weighted by Gasteiger charge is -2.29. The van der Waals surface area contributed by atoms with E-state index in [4.69, 9.17) is 0 Å². The average Bonchev–Trinajstić information content (AvgIpc) is 3.03. The largest absolute Gasteiger partial charge is 0.368 e. The highest BCUT2D eigenvalue weighted by Gasteiger charge is 2.12. The van der Waals surface area contributed by atoms with Crippen LogP contribution in [0.1, 0.15) is 10.5 Å². The van der Waals surface area contributed by atoms with Crippen LogP contribution in [0.25, 0.3) is 0 Å². The van der Waals surface area contributed by atoms with Crippen LogP contribution in [0.2, 0.25) is 0 Å². The molecule has 2 aromatic heterocycles. The fourth-order valence-corrected chi connectivity index (χ4v) is 2.45. The number of nitrogens with zero attached hydrogens (tertiary/aromatic N) is 4. The molecule has 0 bridgehead atoms. The molecule has 1 amide bonds. The van der Waals surface area contributed by atoms with E-state index < -0.39 is 0 Å². The molecule has 0 aromatic carbocycles. The van der Waals surface area contributed by atoms with E-state index in [-0.39, 0.29) is 5.91 Å². The van der Waals surface area contributed by atoms with Crippen LogP contribution in [0.15, 0.2) is 23.7 Å². The zero-order valence-electron chi connectivity index (χ0n) is 10.7. The summed E-state index contributed by atoms with van der Waals surface area (Å²) in [4.78, 5) is 18.3. The second-order valence-corrected chi connectivity index (χ2v) is 4.99. The number of anilines is 2. The number of carbonyl (C=O) groups excluding carboxylic acids is 1. The summed E-state index contributed by atoms with van der Waals surface area (Å²) in [5, 5.41) is 11.3. The smallest absolute Gasteiger partial charge is 0.278 e. The lowest BCUT2D eigenvalue weighted by Crippen LogP contribution is -2.43. The quantitative estimate of drug-likeness (QED) is 0.861. The first-order chi connectivity index (χ1) is 9.83. The van der Waals surface area contributed by atoms with Crippen LogP contribution >= 0.6 is 11.5 Å². The van der Waals surface area contributed by atoms with Crippen LogP contribution in [0.3, 0.4) is 0 Å². The van der Waals surface area contributed by atoms with Gasteiger partial charge in [-0.05, 0) is 23.7 Å². The highest BCUT2D eigenvalue weighted by atomic mass is 32.1. The van der Waals surface area contributed by atoms with E-state index in [1.165, 1.54) is 0 Å². The number of piperazine rings is 1. The normalized spacial score (nSPS) is 15.1. The Morgan fingerprint density at radius 2 is 2.20 bits per heavy atom. The van der Waals surface area contributed by atoms with Gasteiger partial charge >= 0.3 is 0 Å². The summed E-state index contributed by atoms with van der Waals surface area (Å²) in [6, 6.07) is 3.77. The predicted octanol–water partition coefficient (Wildman–Crippen LogP) is 0.595. The molecule has 0 spiro atoms. The first-order valence-electron chi connectivity index (χ1n) is 6.33. The molecule has 0 radical (unpaired) electrons. The van der Waals surface area contributed by atoms with Crippen molar-refractivity contribution in [2.24, 2.45) is 0 Å². The van der Waals surface area contributed by atoms with Crippen molar-refractivity contribution in [2.45, 2.75) is 0 Å². The maximum Gasteiger partial charge on any atom is 0.278 e. The Hall–Kier alpha value is -2.06. The van der Waals surface area contributed by atoms with Crippen LogP contribution in [0, 0.1) is 0 Å². The van der Waals surface area contributed by atoms with Gasteiger partial charge in [0.2, 0.25) is 0 Å². The Morgan fingerprint density at radius 1 is 1.35 bits per heavy atom. The summed E-state index contributed by atoms with van der Waals surface area (Å²) < 4.78 is 3.66. The SMILES string of the molecule is O=C(Nc1ccc(N2CCNCC2)cn1)c1csnn1. The third-order valence-electron chi connectivity index (χ3n) is 3.06. The lowest BCUT2D eigenvalue weighted by atomic mass is 10.3. The molecule has 2 aromatic rings. The molecule has 7 nitrogen and oxygen atoms in total. The van der Waals surface area contributed by atoms with Gasteiger partial charge in [-0.25, -0.2) is 4.98 Å². The van der Waals surface area contributed by atoms with Crippen LogP contribution in [-0.4, -0.2) is 46.7 Å². The molecule has 2 N–H and O–H groups in total. The molecule has 8 heteroatoms. The predicted molar refractivity (Wildman–Crippen MR) is 77.2 cm³/mol. The highest BCUT2D eigenvalue weighted by molar-refractivity contribution is 7.03. The summed E-state index contributed by atoms with van der Waals surface area (Å²) in [6.45, 7) is 3.90. The Morgan fingerprint density at radius 3 is 2.85 bits per heavy atom. The van der Waals surface area contributed by atoms with Crippen LogP contribution in [-0.2, 0) is 0 Å². The van der Waals surface area contributed by atoms with Gasteiger partial charge in [0, 0.05) is 31.6 Å². The van der Waals surface area contributed by atoms with Gasteiger partial charge in [-0.3, -0.25) is 4.79 Å². The van der Waals surface area contributed by atoms with Crippen LogP contribution < -0.4 is 15.5 Å². The first kappa shape index (κ1) is 12.9. The summed E-state index contributed by atoms with van der Waals surface area (Å²) >= 11 is 1.14. The number of hydrogen-bond acceptors (Lipinski definition) is 7. The number of pyridine rings is 1. The molecule has 0 saturated carbocycles. The van der Waals surface area contributed by atoms with Gasteiger partial charge in [-0.15, -0.1) is 5.10 Å². The lowest BCUT2D eigenvalue weighted by molar-refractivity contribution is 0.102. The minimum atomic E-state index is -0.291. The van der Waals surface area contributed by atoms with Crippen molar-refractivity contribution in [3.05, 3.63) is 29.4 Å². The van der Waals surface area contributed by atoms with E-state index in [0.717, 1.165) is 43.4 Å². The third kappa shape index (κ3) is 2.91. The number of carbonyl (C=O) groups is 1. The highest BCUT2D eigenvalue weighted by Crippen LogP contribution is 2.16. The Bertz CT molecular complexity index is 564. The van der Waals surface area contributed by atoms with Gasteiger partial charge in [0.25, 0.3) is 5.91 Å². The Labute approximate surface area is 120 Å². The van der Waals surface area contributed by atoms with Crippen LogP contribution in [0.4, 0.5) is 11.5 Å². The number of aromatic nitrogens is 3. The van der Waals surface area contributed by atoms with E-state index in [1.807, 2.05) is 6.07 Å². The van der Waals surface area contributed by atoms with Crippen LogP contribution in [0.5, 0.6) is 0 Å². The second-order valence-electron chi connectivity index (χ2n) is 4.38. The first-order valence-corrected chi connectivity index (χ1v) is 7.17. The maximum atomic E-state index is 11.8. The van der Waals surface area contributed by atoms with E-state index in [9.17, 15) is 4.79 Å². The molecule has 1 aliphatic rings. The molecular formula is C12H14N6OS. The average molecular weight is 290 g/mol. The second kappa shape index (κ2) is 5.93. The molecule has 1 fully saturated rings. The number of nitrogens with one attached hydrogen (secondary N) is 2. The van der Waals surface area contributed by atoms with Crippen molar-refractivity contribution in [2.75, 3.05) is 36.4 Å². The zero-order chi connectivity index (χ0) is 13.8. The van der Waals surface area contributed by atoms with E-state index in [1.54, 1.807) is 17.6 Å². The fourth-order valence-electron chi connectivity index (χ4n) is 2.01. The summed E-state index contributed by atoms with van der Waals surface area (Å²) in [7, 11) is 0. The van der Waals surface area contributed by atoms with Crippen molar-refractivity contribution in [1.82, 2.24) is 19.9 Å². The van der Waals surface area contributed by atoms with E-state index >= 15 is 0 Å². The monoisotopic (exact) mass is 290 g/mol. The molecule has 0 unspecified atom stereocenters. The molecule has 0 atom stereocenters. The van der Waals surface area contributed by atoms with E-state index in [0.29, 0.717) is 11.5 Å². The molecular weight excluding hydrogens is 276 g/mol. The van der Waals surface area contributed by atoms with Crippen molar-refractivity contribution >= 4 is 28.9 Å². The molecule has 20 heavy (non-hydrogen) atoms. The molecule has 1 aliphatic heterocycles. The molecule has 3 rings (SSSR count). The minimum Gasteiger partial charge on any atom is -0.368 e. The summed E-state index contributed by atoms with van der Waals surface area (Å²) in [5.41, 5.74) is 1.38. The fraction of sp³-hybridized carbons (Fsp3) is 0.333. The maximum absolute atomic E-state index is 11.8. The number of amides is 1. The Kier molecular flexibility index (Phi) is 3.84. The third-order valence-corrected chi connectivity index (χ3v) is 3.57. The Balaban J connectivity index is 1.65. The van der Waals surface area contributed by atoms with Gasteiger partial charge in [0.15, 0.2) is 5.69 Å². The van der Waals surface area contributed by atoms with Gasteiger partial charge in [-0.1, -0.05) is 4.49 Å². The minimum absolute atomic E-state index is 0.291. The zero-order valence-corrected chi connectivity index (χ0v) is 11.6. The molecule has 1 saturated heterocycles. The topological polar surface area (TPSA) is 83.0 Å². The van der Waals surface area contributed by atoms with Gasteiger partial charge in [0.1, 0.15) is 5.82 Å². The number of hydrogen-bond donors (Lipinski definition) is 2. The molecule has 0 aliphatic carbocycles. The van der Waals surface area contributed by atoms with Gasteiger partial charge in [-0.2, -0.15) is 0 Å².